The van der Waals surface area contributed by atoms with Gasteiger partial charge in [-0.1, -0.05) is 48.0 Å². The summed E-state index contributed by atoms with van der Waals surface area (Å²) in [6.45, 7) is 3.23. The van der Waals surface area contributed by atoms with E-state index in [9.17, 15) is 22.8 Å². The van der Waals surface area contributed by atoms with Gasteiger partial charge in [0.1, 0.15) is 0 Å². The van der Waals surface area contributed by atoms with Crippen LogP contribution in [0.25, 0.3) is 0 Å². The van der Waals surface area contributed by atoms with Crippen LogP contribution in [-0.4, -0.2) is 72.8 Å². The molecule has 0 unspecified atom stereocenters. The number of rotatable bonds is 7. The van der Waals surface area contributed by atoms with Crippen LogP contribution in [0.5, 0.6) is 0 Å². The van der Waals surface area contributed by atoms with E-state index in [1.165, 1.54) is 22.6 Å². The first-order chi connectivity index (χ1) is 15.6. The van der Waals surface area contributed by atoms with Gasteiger partial charge >= 0.3 is 6.18 Å². The molecule has 2 amide bonds. The first-order valence-corrected chi connectivity index (χ1v) is 10.9. The third-order valence-corrected chi connectivity index (χ3v) is 5.69. The van der Waals surface area contributed by atoms with Gasteiger partial charge < -0.3 is 10.2 Å². The molecule has 6 nitrogen and oxygen atoms in total. The molecule has 0 saturated carbocycles. The van der Waals surface area contributed by atoms with Crippen LogP contribution in [0.3, 0.4) is 0 Å². The number of alkyl halides is 3. The Bertz CT molecular complexity index is 964. The number of likely N-dealkylation sites (N-methyl/N-ethyl adjacent to an activating group) is 1. The zero-order chi connectivity index (χ0) is 24.0. The van der Waals surface area contributed by atoms with Gasteiger partial charge in [-0.2, -0.15) is 13.2 Å². The molecule has 3 rings (SSSR count). The van der Waals surface area contributed by atoms with Crippen LogP contribution >= 0.6 is 11.6 Å². The summed E-state index contributed by atoms with van der Waals surface area (Å²) in [5.41, 5.74) is -0.281. The van der Waals surface area contributed by atoms with Crippen LogP contribution in [-0.2, 0) is 22.3 Å². The molecule has 1 fully saturated rings. The highest BCUT2D eigenvalue weighted by atomic mass is 35.5. The predicted octanol–water partition coefficient (Wildman–Crippen LogP) is 3.57. The highest BCUT2D eigenvalue weighted by molar-refractivity contribution is 6.34. The minimum Gasteiger partial charge on any atom is -0.339 e. The number of benzene rings is 2. The third-order valence-electron chi connectivity index (χ3n) is 5.38. The molecule has 0 atom stereocenters. The highest BCUT2D eigenvalue weighted by Crippen LogP contribution is 2.38. The van der Waals surface area contributed by atoms with E-state index in [1.807, 2.05) is 18.2 Å². The fourth-order valence-electron chi connectivity index (χ4n) is 3.70. The molecule has 1 heterocycles. The SMILES string of the molecule is CN(CC(=O)Nc1c(Cl)cccc1C(F)(F)F)CC(=O)N1CCN(Cc2ccccc2)CC1. The Morgan fingerprint density at radius 3 is 2.30 bits per heavy atom. The molecule has 0 aliphatic carbocycles. The molecule has 2 aromatic rings. The van der Waals surface area contributed by atoms with E-state index in [0.717, 1.165) is 25.7 Å². The van der Waals surface area contributed by atoms with Crippen molar-refractivity contribution in [3.8, 4) is 0 Å². The quantitative estimate of drug-likeness (QED) is 0.655. The zero-order valence-electron chi connectivity index (χ0n) is 18.2. The number of nitrogens with one attached hydrogen (secondary N) is 1. The molecule has 1 saturated heterocycles. The van der Waals surface area contributed by atoms with Gasteiger partial charge in [0.15, 0.2) is 0 Å². The predicted molar refractivity (Wildman–Crippen MR) is 121 cm³/mol. The third kappa shape index (κ3) is 7.18. The smallest absolute Gasteiger partial charge is 0.339 e. The lowest BCUT2D eigenvalue weighted by Gasteiger charge is -2.35. The van der Waals surface area contributed by atoms with Gasteiger partial charge in [-0.15, -0.1) is 0 Å². The number of hydrogen-bond donors (Lipinski definition) is 1. The van der Waals surface area contributed by atoms with Gasteiger partial charge in [-0.05, 0) is 24.7 Å². The molecule has 178 valence electrons. The maximum atomic E-state index is 13.2. The lowest BCUT2D eigenvalue weighted by atomic mass is 10.1. The first-order valence-electron chi connectivity index (χ1n) is 10.5. The Morgan fingerprint density at radius 1 is 1.00 bits per heavy atom. The molecular weight excluding hydrogens is 457 g/mol. The summed E-state index contributed by atoms with van der Waals surface area (Å²) in [4.78, 5) is 30.4. The van der Waals surface area contributed by atoms with Gasteiger partial charge in [0, 0.05) is 32.7 Å². The number of hydrogen-bond acceptors (Lipinski definition) is 4. The first kappa shape index (κ1) is 25.0. The van der Waals surface area contributed by atoms with Gasteiger partial charge in [0.2, 0.25) is 11.8 Å². The summed E-state index contributed by atoms with van der Waals surface area (Å²) in [6, 6.07) is 13.4. The number of halogens is 4. The number of amides is 2. The average molecular weight is 483 g/mol. The van der Waals surface area contributed by atoms with E-state index < -0.39 is 23.3 Å². The van der Waals surface area contributed by atoms with Gasteiger partial charge in [0.05, 0.1) is 29.4 Å². The summed E-state index contributed by atoms with van der Waals surface area (Å²) in [6.07, 6.45) is -4.65. The lowest BCUT2D eigenvalue weighted by Crippen LogP contribution is -2.51. The number of piperazine rings is 1. The highest BCUT2D eigenvalue weighted by Gasteiger charge is 2.35. The standard InChI is InChI=1S/C23H26ClF3N4O2/c1-29(15-20(32)28-22-18(23(25,26)27)8-5-9-19(22)24)16-21(33)31-12-10-30(11-13-31)14-17-6-3-2-4-7-17/h2-9H,10-16H2,1H3,(H,28,32). The second-order valence-corrected chi connectivity index (χ2v) is 8.43. The summed E-state index contributed by atoms with van der Waals surface area (Å²) in [7, 11) is 1.57. The number of anilines is 1. The molecule has 0 radical (unpaired) electrons. The van der Waals surface area contributed by atoms with Gasteiger partial charge in [0.25, 0.3) is 0 Å². The molecule has 1 aliphatic heterocycles. The van der Waals surface area contributed by atoms with Crippen LogP contribution in [0.2, 0.25) is 5.02 Å². The van der Waals surface area contributed by atoms with Crippen LogP contribution in [0, 0.1) is 0 Å². The van der Waals surface area contributed by atoms with Crippen LogP contribution in [0.15, 0.2) is 48.5 Å². The van der Waals surface area contributed by atoms with Crippen molar-refractivity contribution in [2.75, 3.05) is 51.6 Å². The van der Waals surface area contributed by atoms with Crippen molar-refractivity contribution in [3.05, 3.63) is 64.7 Å². The minimum absolute atomic E-state index is 0.0131. The molecular formula is C23H26ClF3N4O2. The minimum atomic E-state index is -4.65. The second-order valence-electron chi connectivity index (χ2n) is 8.02. The van der Waals surface area contributed by atoms with Crippen molar-refractivity contribution in [1.82, 2.24) is 14.7 Å². The van der Waals surface area contributed by atoms with E-state index in [-0.39, 0.29) is 24.0 Å². The van der Waals surface area contributed by atoms with Gasteiger partial charge in [-0.3, -0.25) is 19.4 Å². The molecule has 2 aromatic carbocycles. The molecule has 10 heteroatoms. The normalized spacial score (nSPS) is 15.0. The van der Waals surface area contributed by atoms with Crippen molar-refractivity contribution in [2.45, 2.75) is 12.7 Å². The summed E-state index contributed by atoms with van der Waals surface area (Å²) < 4.78 is 39.6. The number of nitrogens with zero attached hydrogens (tertiary/aromatic N) is 3. The summed E-state index contributed by atoms with van der Waals surface area (Å²) in [5.74, 6) is -0.810. The fourth-order valence-corrected chi connectivity index (χ4v) is 3.92. The van der Waals surface area contributed by atoms with E-state index in [2.05, 4.69) is 22.3 Å². The number of carbonyl (C=O) groups is 2. The topological polar surface area (TPSA) is 55.9 Å². The maximum absolute atomic E-state index is 13.2. The maximum Gasteiger partial charge on any atom is 0.418 e. The van der Waals surface area contributed by atoms with Crippen LogP contribution < -0.4 is 5.32 Å². The van der Waals surface area contributed by atoms with E-state index in [0.29, 0.717) is 13.1 Å². The molecule has 1 N–H and O–H groups in total. The number of carbonyl (C=O) groups excluding carboxylic acids is 2. The Labute approximate surface area is 195 Å². The molecule has 0 bridgehead atoms. The van der Waals surface area contributed by atoms with Crippen molar-refractivity contribution in [3.63, 3.8) is 0 Å². The van der Waals surface area contributed by atoms with Crippen molar-refractivity contribution < 1.29 is 22.8 Å². The summed E-state index contributed by atoms with van der Waals surface area (Å²) in [5, 5.41) is 2.03. The molecule has 1 aliphatic rings. The van der Waals surface area contributed by atoms with Gasteiger partial charge in [-0.25, -0.2) is 0 Å². The van der Waals surface area contributed by atoms with E-state index in [1.54, 1.807) is 11.9 Å². The number of para-hydroxylation sites is 1. The van der Waals surface area contributed by atoms with Crippen LogP contribution in [0.1, 0.15) is 11.1 Å². The fraction of sp³-hybridized carbons (Fsp3) is 0.391. The van der Waals surface area contributed by atoms with Crippen molar-refractivity contribution in [2.24, 2.45) is 0 Å². The molecule has 0 spiro atoms. The monoisotopic (exact) mass is 482 g/mol. The Hall–Kier alpha value is -2.62. The lowest BCUT2D eigenvalue weighted by molar-refractivity contribution is -0.137. The van der Waals surface area contributed by atoms with E-state index >= 15 is 0 Å². The zero-order valence-corrected chi connectivity index (χ0v) is 19.0. The Kier molecular flexibility index (Phi) is 8.34. The molecule has 0 aromatic heterocycles. The van der Waals surface area contributed by atoms with Crippen molar-refractivity contribution in [1.29, 1.82) is 0 Å². The molecule has 33 heavy (non-hydrogen) atoms. The Balaban J connectivity index is 1.47. The van der Waals surface area contributed by atoms with Crippen molar-refractivity contribution >= 4 is 29.1 Å². The Morgan fingerprint density at radius 2 is 1.67 bits per heavy atom. The second kappa shape index (κ2) is 11.0. The summed E-state index contributed by atoms with van der Waals surface area (Å²) >= 11 is 5.87. The largest absolute Gasteiger partial charge is 0.418 e. The van der Waals surface area contributed by atoms with E-state index in [4.69, 9.17) is 11.6 Å². The van der Waals surface area contributed by atoms with Crippen LogP contribution in [0.4, 0.5) is 18.9 Å². The average Bonchev–Trinajstić information content (AvgIpc) is 2.75.